The molecule has 0 N–H and O–H groups in total. The molecule has 1 heterocycles. The van der Waals surface area contributed by atoms with E-state index in [9.17, 15) is 8.78 Å². The topological polar surface area (TPSA) is 12.9 Å². The monoisotopic (exact) mass is 237 g/mol. The van der Waals surface area contributed by atoms with Gasteiger partial charge in [0.15, 0.2) is 11.6 Å². The largest absolute Gasteiger partial charge is 0.250 e. The first-order chi connectivity index (χ1) is 7.77. The molecule has 0 aliphatic rings. The van der Waals surface area contributed by atoms with Gasteiger partial charge in [-0.05, 0) is 18.2 Å². The van der Waals surface area contributed by atoms with Gasteiger partial charge in [0.25, 0.3) is 0 Å². The molecule has 1 aromatic heterocycles. The molecule has 0 saturated heterocycles. The number of aromatic nitrogens is 1. The number of pyridine rings is 1. The molecule has 2 rings (SSSR count). The van der Waals surface area contributed by atoms with Crippen LogP contribution >= 0.6 is 11.8 Å². The van der Waals surface area contributed by atoms with Gasteiger partial charge in [0.1, 0.15) is 0 Å². The number of benzene rings is 1. The predicted molar refractivity (Wildman–Crippen MR) is 60.2 cm³/mol. The molecular formula is C12H9F2NS. The molecule has 0 fully saturated rings. The minimum Gasteiger partial charge on any atom is -0.250 e. The fourth-order valence-electron chi connectivity index (χ4n) is 1.24. The van der Waals surface area contributed by atoms with Crippen LogP contribution in [-0.4, -0.2) is 4.98 Å². The second kappa shape index (κ2) is 5.07. The molecule has 0 unspecified atom stereocenters. The highest BCUT2D eigenvalue weighted by Crippen LogP contribution is 2.22. The maximum atomic E-state index is 13.3. The molecule has 16 heavy (non-hydrogen) atoms. The second-order valence-electron chi connectivity index (χ2n) is 3.17. The van der Waals surface area contributed by atoms with Crippen molar-refractivity contribution in [2.24, 2.45) is 0 Å². The van der Waals surface area contributed by atoms with Gasteiger partial charge in [-0.2, -0.15) is 0 Å². The summed E-state index contributed by atoms with van der Waals surface area (Å²) in [7, 11) is 0. The Morgan fingerprint density at radius 1 is 1.06 bits per heavy atom. The number of thioether (sulfide) groups is 1. The van der Waals surface area contributed by atoms with E-state index in [4.69, 9.17) is 0 Å². The number of nitrogens with zero attached hydrogens (tertiary/aromatic N) is 1. The highest BCUT2D eigenvalue weighted by molar-refractivity contribution is 7.98. The molecule has 0 saturated carbocycles. The van der Waals surface area contributed by atoms with Crippen LogP contribution in [0.4, 0.5) is 8.78 Å². The Kier molecular flexibility index (Phi) is 3.51. The average Bonchev–Trinajstić information content (AvgIpc) is 2.32. The molecule has 1 aromatic carbocycles. The first kappa shape index (κ1) is 11.1. The van der Waals surface area contributed by atoms with Crippen LogP contribution < -0.4 is 0 Å². The third-order valence-corrected chi connectivity index (χ3v) is 3.04. The molecule has 2 aromatic rings. The molecule has 0 aliphatic heterocycles. The molecule has 0 radical (unpaired) electrons. The summed E-state index contributed by atoms with van der Waals surface area (Å²) in [5.41, 5.74) is 0.357. The van der Waals surface area contributed by atoms with Gasteiger partial charge in [-0.3, -0.25) is 0 Å². The van der Waals surface area contributed by atoms with E-state index in [0.717, 1.165) is 11.1 Å². The summed E-state index contributed by atoms with van der Waals surface area (Å²) in [5, 5.41) is 0.797. The first-order valence-corrected chi connectivity index (χ1v) is 5.72. The standard InChI is InChI=1S/C12H9F2NS/c13-10-5-3-4-9(12(10)14)8-16-11-6-1-2-7-15-11/h1-7H,8H2. The van der Waals surface area contributed by atoms with Crippen molar-refractivity contribution in [3.8, 4) is 0 Å². The fourth-order valence-corrected chi connectivity index (χ4v) is 2.08. The summed E-state index contributed by atoms with van der Waals surface area (Å²) in [6, 6.07) is 9.71. The highest BCUT2D eigenvalue weighted by Gasteiger charge is 2.07. The lowest BCUT2D eigenvalue weighted by atomic mass is 10.2. The van der Waals surface area contributed by atoms with Crippen molar-refractivity contribution in [2.75, 3.05) is 0 Å². The van der Waals surface area contributed by atoms with Gasteiger partial charge in [-0.25, -0.2) is 13.8 Å². The summed E-state index contributed by atoms with van der Waals surface area (Å²) in [6.07, 6.45) is 1.67. The van der Waals surface area contributed by atoms with Crippen molar-refractivity contribution in [1.82, 2.24) is 4.98 Å². The van der Waals surface area contributed by atoms with E-state index in [-0.39, 0.29) is 0 Å². The normalized spacial score (nSPS) is 10.4. The molecule has 1 nitrogen and oxygen atoms in total. The smallest absolute Gasteiger partial charge is 0.162 e. The van der Waals surface area contributed by atoms with Crippen LogP contribution in [0.2, 0.25) is 0 Å². The van der Waals surface area contributed by atoms with Crippen LogP contribution in [0.15, 0.2) is 47.6 Å². The Labute approximate surface area is 96.5 Å². The quantitative estimate of drug-likeness (QED) is 0.756. The zero-order chi connectivity index (χ0) is 11.4. The Bertz CT molecular complexity index is 474. The average molecular weight is 237 g/mol. The van der Waals surface area contributed by atoms with Gasteiger partial charge in [-0.15, -0.1) is 11.8 Å². The fraction of sp³-hybridized carbons (Fsp3) is 0.0833. The van der Waals surface area contributed by atoms with Gasteiger partial charge in [0.05, 0.1) is 5.03 Å². The lowest BCUT2D eigenvalue weighted by molar-refractivity contribution is 0.502. The van der Waals surface area contributed by atoms with E-state index < -0.39 is 11.6 Å². The lowest BCUT2D eigenvalue weighted by Crippen LogP contribution is -1.92. The maximum Gasteiger partial charge on any atom is 0.162 e. The first-order valence-electron chi connectivity index (χ1n) is 4.74. The second-order valence-corrected chi connectivity index (χ2v) is 4.17. The van der Waals surface area contributed by atoms with Gasteiger partial charge in [0.2, 0.25) is 0 Å². The van der Waals surface area contributed by atoms with Crippen LogP contribution in [0.5, 0.6) is 0 Å². The summed E-state index contributed by atoms with van der Waals surface area (Å²) in [6.45, 7) is 0. The summed E-state index contributed by atoms with van der Waals surface area (Å²) in [4.78, 5) is 4.09. The Hall–Kier alpha value is -1.42. The van der Waals surface area contributed by atoms with Crippen molar-refractivity contribution in [2.45, 2.75) is 10.8 Å². The number of rotatable bonds is 3. The molecule has 82 valence electrons. The zero-order valence-corrected chi connectivity index (χ0v) is 9.18. The van der Waals surface area contributed by atoms with Crippen LogP contribution in [-0.2, 0) is 5.75 Å². The SMILES string of the molecule is Fc1cccc(CSc2ccccn2)c1F. The van der Waals surface area contributed by atoms with E-state index in [0.29, 0.717) is 11.3 Å². The Morgan fingerprint density at radius 3 is 2.69 bits per heavy atom. The van der Waals surface area contributed by atoms with E-state index in [1.807, 2.05) is 18.2 Å². The van der Waals surface area contributed by atoms with Crippen LogP contribution in [0.1, 0.15) is 5.56 Å². The minimum atomic E-state index is -0.806. The van der Waals surface area contributed by atoms with Crippen molar-refractivity contribution in [3.63, 3.8) is 0 Å². The van der Waals surface area contributed by atoms with Crippen LogP contribution in [0.25, 0.3) is 0 Å². The number of hydrogen-bond acceptors (Lipinski definition) is 2. The van der Waals surface area contributed by atoms with Crippen molar-refractivity contribution < 1.29 is 8.78 Å². The van der Waals surface area contributed by atoms with E-state index in [2.05, 4.69) is 4.98 Å². The molecule has 0 aliphatic carbocycles. The molecule has 0 atom stereocenters. The third kappa shape index (κ3) is 2.58. The summed E-state index contributed by atoms with van der Waals surface area (Å²) in [5.74, 6) is -1.20. The third-order valence-electron chi connectivity index (χ3n) is 2.04. The van der Waals surface area contributed by atoms with Gasteiger partial charge < -0.3 is 0 Å². The van der Waals surface area contributed by atoms with E-state index in [1.54, 1.807) is 12.3 Å². The van der Waals surface area contributed by atoms with Crippen molar-refractivity contribution in [1.29, 1.82) is 0 Å². The van der Waals surface area contributed by atoms with Crippen LogP contribution in [0, 0.1) is 11.6 Å². The predicted octanol–water partition coefficient (Wildman–Crippen LogP) is 3.65. The van der Waals surface area contributed by atoms with Gasteiger partial charge in [0, 0.05) is 17.5 Å². The Morgan fingerprint density at radius 2 is 1.94 bits per heavy atom. The minimum absolute atomic E-state index is 0.357. The molecule has 0 bridgehead atoms. The number of halogens is 2. The number of hydrogen-bond donors (Lipinski definition) is 0. The van der Waals surface area contributed by atoms with Gasteiger partial charge in [-0.1, -0.05) is 18.2 Å². The van der Waals surface area contributed by atoms with Crippen molar-refractivity contribution >= 4 is 11.8 Å². The molecule has 0 amide bonds. The Balaban J connectivity index is 2.08. The summed E-state index contributed by atoms with van der Waals surface area (Å²) < 4.78 is 26.2. The highest BCUT2D eigenvalue weighted by atomic mass is 32.2. The zero-order valence-electron chi connectivity index (χ0n) is 8.36. The maximum absolute atomic E-state index is 13.3. The molecule has 4 heteroatoms. The van der Waals surface area contributed by atoms with Gasteiger partial charge >= 0.3 is 0 Å². The van der Waals surface area contributed by atoms with Crippen LogP contribution in [0.3, 0.4) is 0 Å². The lowest BCUT2D eigenvalue weighted by Gasteiger charge is -2.03. The van der Waals surface area contributed by atoms with E-state index >= 15 is 0 Å². The molecule has 0 spiro atoms. The molecular weight excluding hydrogens is 228 g/mol. The summed E-state index contributed by atoms with van der Waals surface area (Å²) >= 11 is 1.38. The van der Waals surface area contributed by atoms with E-state index in [1.165, 1.54) is 17.8 Å². The van der Waals surface area contributed by atoms with Crippen molar-refractivity contribution in [3.05, 3.63) is 59.8 Å².